The number of aliphatic hydroxyl groups excluding tert-OH is 3. The normalized spacial score (nSPS) is 17.4. The van der Waals surface area contributed by atoms with Crippen LogP contribution in [0.4, 0.5) is 9.59 Å². The highest BCUT2D eigenvalue weighted by Crippen LogP contribution is 2.30. The quantitative estimate of drug-likeness (QED) is 0.139. The maximum atomic E-state index is 11.7. The Morgan fingerprint density at radius 1 is 0.705 bits per heavy atom. The molecule has 2 aliphatic heterocycles. The van der Waals surface area contributed by atoms with Gasteiger partial charge in [0, 0.05) is 22.5 Å². The number of phenols is 2. The zero-order valence-corrected chi connectivity index (χ0v) is 25.4. The van der Waals surface area contributed by atoms with E-state index in [1.807, 2.05) is 0 Å². The first-order chi connectivity index (χ1) is 20.3. The molecule has 0 radical (unpaired) electrons. The van der Waals surface area contributed by atoms with E-state index in [0.717, 1.165) is 0 Å². The Balaban J connectivity index is 0.000000357. The predicted octanol–water partition coefficient (Wildman–Crippen LogP) is -3.06. The van der Waals surface area contributed by atoms with Gasteiger partial charge in [0.1, 0.15) is 11.5 Å². The van der Waals surface area contributed by atoms with E-state index in [4.69, 9.17) is 15.3 Å². The average Bonchev–Trinajstić information content (AvgIpc) is 2.93. The molecule has 10 N–H and O–H groups in total. The minimum atomic E-state index is -0.525. The fourth-order valence-corrected chi connectivity index (χ4v) is 4.38. The summed E-state index contributed by atoms with van der Waals surface area (Å²) in [5.74, 6) is -0.0386. The number of quaternary nitrogens is 1. The van der Waals surface area contributed by atoms with Crippen molar-refractivity contribution < 1.29 is 62.0 Å². The van der Waals surface area contributed by atoms with Gasteiger partial charge in [0.05, 0.1) is 12.1 Å². The third kappa shape index (κ3) is 10.4. The first-order valence-electron chi connectivity index (χ1n) is 13.1. The molecule has 0 aromatic heterocycles. The lowest BCUT2D eigenvalue weighted by Gasteiger charge is -2.28. The van der Waals surface area contributed by atoms with Crippen molar-refractivity contribution in [1.82, 2.24) is 21.3 Å². The second-order valence-electron chi connectivity index (χ2n) is 9.67. The summed E-state index contributed by atoms with van der Waals surface area (Å²) in [6.07, 6.45) is 0. The number of benzene rings is 2. The molecule has 2 heterocycles. The first-order valence-corrected chi connectivity index (χ1v) is 13.1. The number of aromatic hydroxyl groups is 2. The van der Waals surface area contributed by atoms with Crippen molar-refractivity contribution in [2.24, 2.45) is 0 Å². The van der Waals surface area contributed by atoms with Gasteiger partial charge < -0.3 is 59.2 Å². The number of carbonyl (C=O) groups is 4. The molecule has 44 heavy (non-hydrogen) atoms. The summed E-state index contributed by atoms with van der Waals surface area (Å²) in [6, 6.07) is 11.2. The van der Waals surface area contributed by atoms with Gasteiger partial charge in [-0.2, -0.15) is 0 Å². The molecule has 2 aliphatic rings. The predicted molar refractivity (Wildman–Crippen MR) is 154 cm³/mol. The molecule has 2 atom stereocenters. The molecule has 15 heteroatoms. The number of carbonyl (C=O) groups excluding carboxylic acids is 4. The van der Waals surface area contributed by atoms with Crippen LogP contribution in [0.1, 0.15) is 50.9 Å². The van der Waals surface area contributed by atoms with E-state index in [-0.39, 0.29) is 67.7 Å². The standard InChI is InChI=1S/2C13H14N2O3.C3H9NO3.ClH/c2*1-7-11(8(2)16)12(15-13(18)14-7)9-4-3-5-10(17)6-9;5-1-4(2-6)3-7;/h2*3-6,12,17H,1-2H3,(H2,14,15,18);5-7H,1-3H2;1H/t2*12-;;/m11../s1. The number of allylic oxidation sites excluding steroid dienone is 2. The van der Waals surface area contributed by atoms with Crippen molar-refractivity contribution in [1.29, 1.82) is 0 Å². The fourth-order valence-electron chi connectivity index (χ4n) is 4.38. The Morgan fingerprint density at radius 3 is 1.30 bits per heavy atom. The number of rotatable bonds is 7. The lowest BCUT2D eigenvalue weighted by atomic mass is 9.93. The van der Waals surface area contributed by atoms with Gasteiger partial charge >= 0.3 is 12.1 Å². The molecule has 0 spiro atoms. The topological polar surface area (TPSA) is 222 Å². The molecule has 2 aromatic rings. The number of phenolic OH excluding ortho intramolecular Hbond substituents is 2. The molecule has 0 aliphatic carbocycles. The summed E-state index contributed by atoms with van der Waals surface area (Å²) in [4.78, 5) is 46.7. The van der Waals surface area contributed by atoms with Crippen molar-refractivity contribution in [2.45, 2.75) is 39.8 Å². The number of Topliss-reactive ketones (excluding diaryl/α,β-unsaturated/α-hetero) is 2. The number of hydrogen-bond acceptors (Lipinski definition) is 9. The molecule has 4 rings (SSSR count). The number of halogens is 1. The van der Waals surface area contributed by atoms with Gasteiger partial charge in [0.2, 0.25) is 0 Å². The highest BCUT2D eigenvalue weighted by atomic mass is 35.5. The van der Waals surface area contributed by atoms with Crippen LogP contribution in [0.25, 0.3) is 0 Å². The van der Waals surface area contributed by atoms with E-state index in [2.05, 4.69) is 21.3 Å². The molecule has 0 saturated carbocycles. The van der Waals surface area contributed by atoms with Crippen LogP contribution in [-0.4, -0.2) is 69.4 Å². The molecular formula is C29H38ClN5O9. The third-order valence-corrected chi connectivity index (χ3v) is 6.37. The van der Waals surface area contributed by atoms with E-state index in [9.17, 15) is 29.4 Å². The first kappa shape index (κ1) is 37.6. The summed E-state index contributed by atoms with van der Waals surface area (Å²) in [6.45, 7) is 5.59. The highest BCUT2D eigenvalue weighted by molar-refractivity contribution is 5.99. The van der Waals surface area contributed by atoms with E-state index >= 15 is 0 Å². The van der Waals surface area contributed by atoms with Gasteiger partial charge in [-0.15, -0.1) is 0 Å². The van der Waals surface area contributed by atoms with Gasteiger partial charge in [-0.1, -0.05) is 24.3 Å². The van der Waals surface area contributed by atoms with E-state index in [1.165, 1.54) is 38.1 Å². The summed E-state index contributed by atoms with van der Waals surface area (Å²) < 4.78 is 0. The van der Waals surface area contributed by atoms with Crippen molar-refractivity contribution in [3.05, 3.63) is 82.2 Å². The number of amides is 4. The summed E-state index contributed by atoms with van der Waals surface area (Å²) in [5, 5.41) is 54.0. The molecule has 0 saturated heterocycles. The number of nitrogens with one attached hydrogen (secondary N) is 5. The van der Waals surface area contributed by atoms with Crippen LogP contribution in [-0.2, 0) is 9.59 Å². The smallest absolute Gasteiger partial charge is 0.319 e. The lowest BCUT2D eigenvalue weighted by Crippen LogP contribution is -3.12. The van der Waals surface area contributed by atoms with Gasteiger partial charge in [-0.25, -0.2) is 9.59 Å². The summed E-state index contributed by atoms with van der Waals surface area (Å²) >= 11 is 0. The van der Waals surface area contributed by atoms with Crippen molar-refractivity contribution in [3.8, 4) is 11.5 Å². The monoisotopic (exact) mass is 635 g/mol. The van der Waals surface area contributed by atoms with E-state index in [0.29, 0.717) is 38.6 Å². The van der Waals surface area contributed by atoms with Crippen LogP contribution in [0.3, 0.4) is 0 Å². The van der Waals surface area contributed by atoms with Gasteiger partial charge in [-0.3, -0.25) is 14.5 Å². The largest absolute Gasteiger partial charge is 1.00 e. The van der Waals surface area contributed by atoms with Crippen LogP contribution in [0.5, 0.6) is 11.5 Å². The molecule has 240 valence electrons. The maximum absolute atomic E-state index is 11.7. The van der Waals surface area contributed by atoms with Gasteiger partial charge in [0.25, 0.3) is 0 Å². The minimum Gasteiger partial charge on any atom is -1.00 e. The summed E-state index contributed by atoms with van der Waals surface area (Å²) in [5.41, 5.74) is 3.43. The maximum Gasteiger partial charge on any atom is 0.319 e. The van der Waals surface area contributed by atoms with Crippen LogP contribution < -0.4 is 38.6 Å². The number of urea groups is 2. The fraction of sp³-hybridized carbons (Fsp3) is 0.310. The molecule has 14 nitrogen and oxygen atoms in total. The van der Waals surface area contributed by atoms with Crippen LogP contribution in [0, 0.1) is 0 Å². The molecule has 0 fully saturated rings. The zero-order valence-electron chi connectivity index (χ0n) is 24.6. The Bertz CT molecular complexity index is 1300. The van der Waals surface area contributed by atoms with Crippen LogP contribution in [0.2, 0.25) is 0 Å². The molecular weight excluding hydrogens is 598 g/mol. The molecule has 4 amide bonds. The van der Waals surface area contributed by atoms with Crippen LogP contribution >= 0.6 is 0 Å². The second kappa shape index (κ2) is 17.6. The molecule has 0 bridgehead atoms. The number of hydrogen-bond donors (Lipinski definition) is 10. The lowest BCUT2D eigenvalue weighted by molar-refractivity contribution is -0.953. The zero-order chi connectivity index (χ0) is 32.3. The van der Waals surface area contributed by atoms with E-state index in [1.54, 1.807) is 38.1 Å². The van der Waals surface area contributed by atoms with Crippen LogP contribution in [0.15, 0.2) is 71.1 Å². The SMILES string of the molecule is CC(=O)C1=C(C)NC(=O)N[C@@H]1c1cccc(O)c1.CC(=O)C1=C(C)NC(=O)N[C@@H]1c1cccc(O)c1.OC[NH+](CO)CO.[Cl-]. The Morgan fingerprint density at radius 2 is 1.05 bits per heavy atom. The minimum absolute atomic E-state index is 0. The number of aliphatic hydroxyl groups is 3. The Kier molecular flexibility index (Phi) is 15.0. The molecule has 2 aromatic carbocycles. The Hall–Kier alpha value is -4.47. The second-order valence-corrected chi connectivity index (χ2v) is 9.67. The van der Waals surface area contributed by atoms with Crippen molar-refractivity contribution in [2.75, 3.05) is 20.2 Å². The number of ketones is 2. The van der Waals surface area contributed by atoms with Crippen molar-refractivity contribution in [3.63, 3.8) is 0 Å². The van der Waals surface area contributed by atoms with Gasteiger partial charge in [-0.05, 0) is 63.1 Å². The van der Waals surface area contributed by atoms with Gasteiger partial charge in [0.15, 0.2) is 31.8 Å². The summed E-state index contributed by atoms with van der Waals surface area (Å²) in [7, 11) is 0. The Labute approximate surface area is 260 Å². The molecule has 0 unspecified atom stereocenters. The third-order valence-electron chi connectivity index (χ3n) is 6.37. The average molecular weight is 636 g/mol. The van der Waals surface area contributed by atoms with Crippen molar-refractivity contribution >= 4 is 23.6 Å². The van der Waals surface area contributed by atoms with E-state index < -0.39 is 12.1 Å². The highest BCUT2D eigenvalue weighted by Gasteiger charge is 2.30.